The van der Waals surface area contributed by atoms with Gasteiger partial charge in [0.2, 0.25) is 0 Å². The Bertz CT molecular complexity index is 836. The molecule has 0 saturated heterocycles. The minimum atomic E-state index is -0.167. The molecule has 0 fully saturated rings. The summed E-state index contributed by atoms with van der Waals surface area (Å²) in [7, 11) is 0. The minimum Gasteiger partial charge on any atom is -0.382 e. The second-order valence-electron chi connectivity index (χ2n) is 5.19. The molecule has 3 rings (SSSR count). The standard InChI is InChI=1S/C16H15ClN4O/c1-9-4-10(6-12(17)5-9)8-19-16(22)11-2-3-14-13(7-11)15(18)21-20-14/h2-7H,8H2,1H3,(H,19,22)(H3,18,20,21). The van der Waals surface area contributed by atoms with Gasteiger partial charge < -0.3 is 11.1 Å². The van der Waals surface area contributed by atoms with Gasteiger partial charge in [0.05, 0.1) is 5.52 Å². The van der Waals surface area contributed by atoms with Gasteiger partial charge in [-0.25, -0.2) is 0 Å². The van der Waals surface area contributed by atoms with Gasteiger partial charge in [0.15, 0.2) is 5.82 Å². The highest BCUT2D eigenvalue weighted by molar-refractivity contribution is 6.30. The number of hydrogen-bond donors (Lipinski definition) is 3. The molecule has 0 aliphatic rings. The molecule has 1 amide bonds. The molecule has 0 saturated carbocycles. The van der Waals surface area contributed by atoms with Crippen molar-refractivity contribution in [1.82, 2.24) is 15.5 Å². The van der Waals surface area contributed by atoms with Crippen molar-refractivity contribution in [3.05, 3.63) is 58.1 Å². The van der Waals surface area contributed by atoms with Crippen molar-refractivity contribution in [3.63, 3.8) is 0 Å². The summed E-state index contributed by atoms with van der Waals surface area (Å²) < 4.78 is 0. The van der Waals surface area contributed by atoms with E-state index in [0.29, 0.717) is 22.9 Å². The van der Waals surface area contributed by atoms with Crippen LogP contribution in [0.1, 0.15) is 21.5 Å². The van der Waals surface area contributed by atoms with Crippen LogP contribution in [-0.4, -0.2) is 16.1 Å². The first kappa shape index (κ1) is 14.4. The number of carbonyl (C=O) groups excluding carboxylic acids is 1. The number of rotatable bonds is 3. The van der Waals surface area contributed by atoms with Gasteiger partial charge in [-0.1, -0.05) is 17.7 Å². The third-order valence-electron chi connectivity index (χ3n) is 3.41. The van der Waals surface area contributed by atoms with Crippen molar-refractivity contribution >= 4 is 34.2 Å². The first-order valence-electron chi connectivity index (χ1n) is 6.81. The topological polar surface area (TPSA) is 83.8 Å². The third kappa shape index (κ3) is 2.89. The summed E-state index contributed by atoms with van der Waals surface area (Å²) in [4.78, 5) is 12.2. The number of aromatic amines is 1. The number of benzene rings is 2. The highest BCUT2D eigenvalue weighted by Gasteiger charge is 2.09. The molecule has 1 heterocycles. The summed E-state index contributed by atoms with van der Waals surface area (Å²) in [6, 6.07) is 11.0. The van der Waals surface area contributed by atoms with Gasteiger partial charge in [0, 0.05) is 22.5 Å². The molecule has 0 spiro atoms. The number of nitrogen functional groups attached to an aromatic ring is 1. The number of aromatic nitrogens is 2. The number of carbonyl (C=O) groups is 1. The maximum absolute atomic E-state index is 12.2. The van der Waals surface area contributed by atoms with E-state index < -0.39 is 0 Å². The molecule has 3 aromatic rings. The molecule has 0 unspecified atom stereocenters. The van der Waals surface area contributed by atoms with Gasteiger partial charge in [-0.2, -0.15) is 5.10 Å². The average Bonchev–Trinajstić information content (AvgIpc) is 2.85. The SMILES string of the molecule is Cc1cc(Cl)cc(CNC(=O)c2ccc3[nH]nc(N)c3c2)c1. The van der Waals surface area contributed by atoms with Crippen LogP contribution in [-0.2, 0) is 6.54 Å². The smallest absolute Gasteiger partial charge is 0.251 e. The summed E-state index contributed by atoms with van der Waals surface area (Å²) in [5.41, 5.74) is 9.12. The highest BCUT2D eigenvalue weighted by Crippen LogP contribution is 2.19. The lowest BCUT2D eigenvalue weighted by molar-refractivity contribution is 0.0951. The van der Waals surface area contributed by atoms with E-state index in [1.54, 1.807) is 18.2 Å². The van der Waals surface area contributed by atoms with Crippen LogP contribution in [0.5, 0.6) is 0 Å². The molecule has 0 aliphatic carbocycles. The molecule has 0 bridgehead atoms. The number of nitrogens with one attached hydrogen (secondary N) is 2. The van der Waals surface area contributed by atoms with Crippen LogP contribution >= 0.6 is 11.6 Å². The summed E-state index contributed by atoms with van der Waals surface area (Å²) in [6.45, 7) is 2.38. The van der Waals surface area contributed by atoms with Gasteiger partial charge in [0.25, 0.3) is 5.91 Å². The van der Waals surface area contributed by atoms with E-state index in [0.717, 1.165) is 22.0 Å². The molecule has 112 valence electrons. The molecular weight excluding hydrogens is 300 g/mol. The highest BCUT2D eigenvalue weighted by atomic mass is 35.5. The number of nitrogens with two attached hydrogens (primary N) is 1. The van der Waals surface area contributed by atoms with E-state index in [1.807, 2.05) is 25.1 Å². The Morgan fingerprint density at radius 2 is 2.14 bits per heavy atom. The summed E-state index contributed by atoms with van der Waals surface area (Å²) in [5.74, 6) is 0.218. The molecule has 1 aromatic heterocycles. The zero-order valence-electron chi connectivity index (χ0n) is 12.0. The predicted octanol–water partition coefficient (Wildman–Crippen LogP) is 3.04. The van der Waals surface area contributed by atoms with Crippen LogP contribution in [0.15, 0.2) is 36.4 Å². The fourth-order valence-electron chi connectivity index (χ4n) is 2.37. The maximum Gasteiger partial charge on any atom is 0.251 e. The van der Waals surface area contributed by atoms with Crippen LogP contribution in [0.4, 0.5) is 5.82 Å². The molecule has 6 heteroatoms. The lowest BCUT2D eigenvalue weighted by Gasteiger charge is -2.07. The van der Waals surface area contributed by atoms with Crippen molar-refractivity contribution in [1.29, 1.82) is 0 Å². The second-order valence-corrected chi connectivity index (χ2v) is 5.63. The summed E-state index contributed by atoms with van der Waals surface area (Å²) in [5, 5.41) is 11.0. The molecule has 0 aliphatic heterocycles. The van der Waals surface area contributed by atoms with Crippen LogP contribution in [0.25, 0.3) is 10.9 Å². The monoisotopic (exact) mass is 314 g/mol. The molecule has 0 atom stereocenters. The van der Waals surface area contributed by atoms with Gasteiger partial charge in [-0.15, -0.1) is 0 Å². The number of halogens is 1. The molecule has 4 N–H and O–H groups in total. The Hall–Kier alpha value is -2.53. The quantitative estimate of drug-likeness (QED) is 0.694. The maximum atomic E-state index is 12.2. The Morgan fingerprint density at radius 1 is 1.32 bits per heavy atom. The number of fused-ring (bicyclic) bond motifs is 1. The fourth-order valence-corrected chi connectivity index (χ4v) is 2.69. The Balaban J connectivity index is 1.76. The third-order valence-corrected chi connectivity index (χ3v) is 3.63. The molecule has 5 nitrogen and oxygen atoms in total. The second kappa shape index (κ2) is 5.69. The summed E-state index contributed by atoms with van der Waals surface area (Å²) in [6.07, 6.45) is 0. The Morgan fingerprint density at radius 3 is 2.91 bits per heavy atom. The van der Waals surface area contributed by atoms with E-state index in [9.17, 15) is 4.79 Å². The molecule has 22 heavy (non-hydrogen) atoms. The van der Waals surface area contributed by atoms with Crippen LogP contribution in [0.3, 0.4) is 0 Å². The largest absolute Gasteiger partial charge is 0.382 e. The van der Waals surface area contributed by atoms with E-state index in [-0.39, 0.29) is 5.91 Å². The van der Waals surface area contributed by atoms with E-state index in [2.05, 4.69) is 15.5 Å². The lowest BCUT2D eigenvalue weighted by Crippen LogP contribution is -2.22. The molecule has 0 radical (unpaired) electrons. The normalized spacial score (nSPS) is 10.8. The van der Waals surface area contributed by atoms with Crippen LogP contribution in [0.2, 0.25) is 5.02 Å². The summed E-state index contributed by atoms with van der Waals surface area (Å²) >= 11 is 6.02. The van der Waals surface area contributed by atoms with E-state index in [4.69, 9.17) is 17.3 Å². The zero-order chi connectivity index (χ0) is 15.7. The number of aryl methyl sites for hydroxylation is 1. The lowest BCUT2D eigenvalue weighted by atomic mass is 10.1. The van der Waals surface area contributed by atoms with Crippen molar-refractivity contribution < 1.29 is 4.79 Å². The number of anilines is 1. The van der Waals surface area contributed by atoms with Gasteiger partial charge in [-0.3, -0.25) is 9.89 Å². The predicted molar refractivity (Wildman–Crippen MR) is 87.9 cm³/mol. The zero-order valence-corrected chi connectivity index (χ0v) is 12.7. The first-order valence-corrected chi connectivity index (χ1v) is 7.18. The number of hydrogen-bond acceptors (Lipinski definition) is 3. The minimum absolute atomic E-state index is 0.167. The van der Waals surface area contributed by atoms with Gasteiger partial charge in [0.1, 0.15) is 0 Å². The van der Waals surface area contributed by atoms with Crippen molar-refractivity contribution in [3.8, 4) is 0 Å². The van der Waals surface area contributed by atoms with Crippen molar-refractivity contribution in [2.24, 2.45) is 0 Å². The van der Waals surface area contributed by atoms with Crippen LogP contribution < -0.4 is 11.1 Å². The van der Waals surface area contributed by atoms with Gasteiger partial charge in [-0.05, 0) is 48.4 Å². The Kier molecular flexibility index (Phi) is 3.73. The average molecular weight is 315 g/mol. The number of amides is 1. The molecule has 2 aromatic carbocycles. The van der Waals surface area contributed by atoms with E-state index >= 15 is 0 Å². The van der Waals surface area contributed by atoms with Gasteiger partial charge >= 0.3 is 0 Å². The van der Waals surface area contributed by atoms with Crippen molar-refractivity contribution in [2.45, 2.75) is 13.5 Å². The van der Waals surface area contributed by atoms with Crippen molar-refractivity contribution in [2.75, 3.05) is 5.73 Å². The Labute approximate surface area is 132 Å². The molecular formula is C16H15ClN4O. The number of H-pyrrole nitrogens is 1. The van der Waals surface area contributed by atoms with Crippen LogP contribution in [0, 0.1) is 6.92 Å². The first-order chi connectivity index (χ1) is 10.5. The fraction of sp³-hybridized carbons (Fsp3) is 0.125. The van der Waals surface area contributed by atoms with E-state index in [1.165, 1.54) is 0 Å². The number of nitrogens with zero attached hydrogens (tertiary/aromatic N) is 1.